The van der Waals surface area contributed by atoms with Crippen LogP contribution in [0.4, 0.5) is 11.5 Å². The van der Waals surface area contributed by atoms with Crippen molar-refractivity contribution in [3.05, 3.63) is 54.6 Å². The van der Waals surface area contributed by atoms with Crippen LogP contribution in [-0.4, -0.2) is 77.8 Å². The van der Waals surface area contributed by atoms with E-state index in [0.29, 0.717) is 42.9 Å². The summed E-state index contributed by atoms with van der Waals surface area (Å²) in [7, 11) is 0.0517. The van der Waals surface area contributed by atoms with Crippen molar-refractivity contribution in [3.63, 3.8) is 0 Å². The van der Waals surface area contributed by atoms with Crippen LogP contribution in [0.15, 0.2) is 64.0 Å². The molecule has 4 aromatic rings. The zero-order chi connectivity index (χ0) is 29.1. The fraction of sp³-hybridized carbons (Fsp3) is 0.286. The number of sulfonamides is 1. The van der Waals surface area contributed by atoms with E-state index in [4.69, 9.17) is 30.3 Å². The highest BCUT2D eigenvalue weighted by Crippen LogP contribution is 2.40. The van der Waals surface area contributed by atoms with Gasteiger partial charge in [0.05, 0.1) is 21.3 Å². The number of carbonyl (C=O) groups is 1. The second-order valence-electron chi connectivity index (χ2n) is 9.23. The highest BCUT2D eigenvalue weighted by atomic mass is 35.5. The number of alkyl halides is 1. The number of nitrogens with zero attached hydrogens (tertiary/aromatic N) is 3. The quantitative estimate of drug-likeness (QED) is 0.281. The lowest BCUT2D eigenvalue weighted by Gasteiger charge is -2.36. The molecule has 1 aromatic heterocycles. The largest absolute Gasteiger partial charge is 0.496 e. The van der Waals surface area contributed by atoms with Gasteiger partial charge >= 0.3 is 0 Å². The van der Waals surface area contributed by atoms with Crippen LogP contribution in [0.5, 0.6) is 17.2 Å². The summed E-state index contributed by atoms with van der Waals surface area (Å²) < 4.78 is 51.1. The molecule has 1 aliphatic heterocycles. The number of rotatable bonds is 9. The van der Waals surface area contributed by atoms with Crippen molar-refractivity contribution < 1.29 is 31.9 Å². The number of hydrogen-bond donors (Lipinski definition) is 1. The Balaban J connectivity index is 1.45. The van der Waals surface area contributed by atoms with Crippen molar-refractivity contribution in [1.82, 2.24) is 10.1 Å². The molecular formula is C28H29ClN4O7S. The van der Waals surface area contributed by atoms with Crippen LogP contribution in [0.25, 0.3) is 22.1 Å². The normalized spacial score (nSPS) is 13.8. The summed E-state index contributed by atoms with van der Waals surface area (Å²) in [5, 5.41) is 4.37. The molecule has 0 spiro atoms. The number of halogens is 1. The summed E-state index contributed by atoms with van der Waals surface area (Å²) >= 11 is 5.71. The fourth-order valence-electron chi connectivity index (χ4n) is 4.87. The number of methoxy groups -OCH3 is 3. The highest BCUT2D eigenvalue weighted by Gasteiger charge is 2.28. The van der Waals surface area contributed by atoms with E-state index in [9.17, 15) is 13.2 Å². The van der Waals surface area contributed by atoms with E-state index in [1.807, 2.05) is 24.3 Å². The maximum Gasteiger partial charge on any atom is 0.270 e. The summed E-state index contributed by atoms with van der Waals surface area (Å²) in [5.41, 5.74) is 3.04. The molecule has 1 fully saturated rings. The maximum absolute atomic E-state index is 13.4. The molecule has 13 heteroatoms. The molecule has 0 atom stereocenters. The van der Waals surface area contributed by atoms with E-state index in [1.165, 1.54) is 33.5 Å². The molecule has 0 radical (unpaired) electrons. The molecule has 0 bridgehead atoms. The number of benzene rings is 3. The van der Waals surface area contributed by atoms with Crippen LogP contribution in [0.3, 0.4) is 0 Å². The lowest BCUT2D eigenvalue weighted by atomic mass is 10.0. The number of nitrogens with one attached hydrogen (secondary N) is 1. The van der Waals surface area contributed by atoms with Crippen LogP contribution in [0, 0.1) is 0 Å². The van der Waals surface area contributed by atoms with E-state index >= 15 is 0 Å². The molecule has 1 saturated heterocycles. The van der Waals surface area contributed by atoms with Gasteiger partial charge in [0.15, 0.2) is 16.3 Å². The van der Waals surface area contributed by atoms with Gasteiger partial charge in [0.1, 0.15) is 28.5 Å². The SMILES string of the molecule is COc1cccc(OC)c1S(=O)(=O)Nc1noc2cc(-c3cccc(N4CCN(C(=O)CCl)CC4)c3)cc(OC)c12. The van der Waals surface area contributed by atoms with Crippen molar-refractivity contribution in [2.75, 3.05) is 63.0 Å². The summed E-state index contributed by atoms with van der Waals surface area (Å²) in [6, 6.07) is 16.3. The van der Waals surface area contributed by atoms with Crippen molar-refractivity contribution in [3.8, 4) is 28.4 Å². The molecule has 0 unspecified atom stereocenters. The number of anilines is 2. The smallest absolute Gasteiger partial charge is 0.270 e. The average Bonchev–Trinajstić information content (AvgIpc) is 3.41. The van der Waals surface area contributed by atoms with E-state index in [2.05, 4.69) is 14.8 Å². The standard InChI is InChI=1S/C28H29ClN4O7S/c1-37-21-8-5-9-22(38-2)27(21)41(35,36)31-28-26-23(39-3)15-19(16-24(26)40-30-28)18-6-4-7-20(14-18)32-10-12-33(13-11-32)25(34)17-29/h4-9,14-16H,10-13,17H2,1-3H3,(H,30,31). The van der Waals surface area contributed by atoms with E-state index < -0.39 is 10.0 Å². The average molecular weight is 601 g/mol. The number of fused-ring (bicyclic) bond motifs is 1. The summed E-state index contributed by atoms with van der Waals surface area (Å²) in [4.78, 5) is 15.7. The molecule has 1 aliphatic rings. The van der Waals surface area contributed by atoms with E-state index in [-0.39, 0.29) is 34.0 Å². The van der Waals surface area contributed by atoms with Gasteiger partial charge in [0.25, 0.3) is 10.0 Å². The number of hydrogen-bond acceptors (Lipinski definition) is 9. The third-order valence-corrected chi connectivity index (χ3v) is 8.56. The molecular weight excluding hydrogens is 572 g/mol. The van der Waals surface area contributed by atoms with E-state index in [0.717, 1.165) is 16.8 Å². The third-order valence-electron chi connectivity index (χ3n) is 6.93. The number of ether oxygens (including phenoxy) is 3. The molecule has 216 valence electrons. The van der Waals surface area contributed by atoms with Crippen molar-refractivity contribution in [1.29, 1.82) is 0 Å². The fourth-order valence-corrected chi connectivity index (χ4v) is 6.37. The Hall–Kier alpha value is -4.16. The van der Waals surface area contributed by atoms with Gasteiger partial charge in [-0.25, -0.2) is 8.42 Å². The Labute approximate surface area is 242 Å². The van der Waals surface area contributed by atoms with Crippen molar-refractivity contribution in [2.45, 2.75) is 4.90 Å². The van der Waals surface area contributed by atoms with Gasteiger partial charge in [-0.05, 0) is 47.5 Å². The summed E-state index contributed by atoms with van der Waals surface area (Å²) in [5.74, 6) is 0.503. The second-order valence-corrected chi connectivity index (χ2v) is 11.1. The van der Waals surface area contributed by atoms with Crippen LogP contribution in [-0.2, 0) is 14.8 Å². The first-order chi connectivity index (χ1) is 19.8. The Morgan fingerprint density at radius 3 is 2.22 bits per heavy atom. The van der Waals surface area contributed by atoms with Gasteiger partial charge in [-0.1, -0.05) is 23.4 Å². The molecule has 0 aliphatic carbocycles. The van der Waals surface area contributed by atoms with Gasteiger partial charge in [-0.15, -0.1) is 11.6 Å². The van der Waals surface area contributed by atoms with Gasteiger partial charge in [-0.3, -0.25) is 9.52 Å². The van der Waals surface area contributed by atoms with Crippen LogP contribution in [0.2, 0.25) is 0 Å². The molecule has 1 amide bonds. The Bertz CT molecular complexity index is 1660. The number of piperazine rings is 1. The Morgan fingerprint density at radius 2 is 1.59 bits per heavy atom. The molecule has 3 aromatic carbocycles. The zero-order valence-electron chi connectivity index (χ0n) is 22.7. The minimum Gasteiger partial charge on any atom is -0.496 e. The predicted octanol–water partition coefficient (Wildman–Crippen LogP) is 4.21. The van der Waals surface area contributed by atoms with Gasteiger partial charge in [0.2, 0.25) is 5.91 Å². The van der Waals surface area contributed by atoms with Crippen LogP contribution >= 0.6 is 11.6 Å². The molecule has 1 N–H and O–H groups in total. The van der Waals surface area contributed by atoms with Gasteiger partial charge in [0, 0.05) is 31.9 Å². The lowest BCUT2D eigenvalue weighted by molar-refractivity contribution is -0.128. The summed E-state index contributed by atoms with van der Waals surface area (Å²) in [6.45, 7) is 2.59. The lowest BCUT2D eigenvalue weighted by Crippen LogP contribution is -2.49. The van der Waals surface area contributed by atoms with E-state index in [1.54, 1.807) is 23.1 Å². The van der Waals surface area contributed by atoms with Crippen LogP contribution in [0.1, 0.15) is 0 Å². The second kappa shape index (κ2) is 11.8. The topological polar surface area (TPSA) is 123 Å². The Kier molecular flexibility index (Phi) is 8.13. The van der Waals surface area contributed by atoms with Gasteiger partial charge in [-0.2, -0.15) is 0 Å². The number of aromatic nitrogens is 1. The molecule has 0 saturated carbocycles. The minimum absolute atomic E-state index is 0.0146. The monoisotopic (exact) mass is 600 g/mol. The molecule has 5 rings (SSSR count). The molecule has 11 nitrogen and oxygen atoms in total. The van der Waals surface area contributed by atoms with Gasteiger partial charge < -0.3 is 28.5 Å². The maximum atomic E-state index is 13.4. The Morgan fingerprint density at radius 1 is 0.927 bits per heavy atom. The molecule has 41 heavy (non-hydrogen) atoms. The first-order valence-electron chi connectivity index (χ1n) is 12.7. The minimum atomic E-state index is -4.19. The van der Waals surface area contributed by atoms with Crippen molar-refractivity contribution >= 4 is 50.0 Å². The zero-order valence-corrected chi connectivity index (χ0v) is 24.3. The highest BCUT2D eigenvalue weighted by molar-refractivity contribution is 7.93. The first-order valence-corrected chi connectivity index (χ1v) is 14.7. The molecule has 2 heterocycles. The number of amides is 1. The third kappa shape index (κ3) is 5.57. The number of carbonyl (C=O) groups excluding carboxylic acids is 1. The van der Waals surface area contributed by atoms with Crippen molar-refractivity contribution in [2.24, 2.45) is 0 Å². The summed E-state index contributed by atoms with van der Waals surface area (Å²) in [6.07, 6.45) is 0. The van der Waals surface area contributed by atoms with Crippen LogP contribution < -0.4 is 23.8 Å². The first kappa shape index (κ1) is 28.4. The predicted molar refractivity (Wildman–Crippen MR) is 156 cm³/mol.